The van der Waals surface area contributed by atoms with Gasteiger partial charge in [-0.25, -0.2) is 8.42 Å². The van der Waals surface area contributed by atoms with Gasteiger partial charge in [0.1, 0.15) is 4.90 Å². The minimum atomic E-state index is -4.60. The van der Waals surface area contributed by atoms with Gasteiger partial charge >= 0.3 is 6.18 Å². The molecule has 0 heterocycles. The van der Waals surface area contributed by atoms with Gasteiger partial charge in [-0.15, -0.1) is 0 Å². The van der Waals surface area contributed by atoms with E-state index in [-0.39, 0.29) is 11.3 Å². The van der Waals surface area contributed by atoms with E-state index < -0.39 is 43.0 Å². The summed E-state index contributed by atoms with van der Waals surface area (Å²) in [5.41, 5.74) is -2.22. The number of carbonyl (C=O) groups is 1. The second-order valence-electron chi connectivity index (χ2n) is 5.24. The molecule has 0 fully saturated rings. The smallest absolute Gasteiger partial charge is 0.322 e. The van der Waals surface area contributed by atoms with Gasteiger partial charge in [0.15, 0.2) is 9.84 Å². The third-order valence-electron chi connectivity index (χ3n) is 3.27. The van der Waals surface area contributed by atoms with Crippen LogP contribution in [0.25, 0.3) is 0 Å². The summed E-state index contributed by atoms with van der Waals surface area (Å²) in [6.07, 6.45) is -3.83. The minimum Gasteiger partial charge on any atom is -0.322 e. The standard InChI is InChI=1S/C15H11F3N2O5S/c1-26(24,25)13-6-5-9(7-12(13)20(22)23)14(21)19-11-4-2-3-10(8-11)15(16,17)18/h2-8H,1H3,(H,19,21). The highest BCUT2D eigenvalue weighted by Crippen LogP contribution is 2.31. The van der Waals surface area contributed by atoms with Gasteiger partial charge < -0.3 is 5.32 Å². The highest BCUT2D eigenvalue weighted by atomic mass is 32.2. The Morgan fingerprint density at radius 3 is 2.35 bits per heavy atom. The molecule has 2 rings (SSSR count). The molecule has 1 amide bonds. The summed E-state index contributed by atoms with van der Waals surface area (Å²) in [4.78, 5) is 21.7. The van der Waals surface area contributed by atoms with Gasteiger partial charge in [0.05, 0.1) is 10.5 Å². The summed E-state index contributed by atoms with van der Waals surface area (Å²) in [6.45, 7) is 0. The Labute approximate surface area is 145 Å². The predicted octanol–water partition coefficient (Wildman–Crippen LogP) is 3.27. The van der Waals surface area contributed by atoms with Crippen LogP contribution in [0.15, 0.2) is 47.4 Å². The van der Waals surface area contributed by atoms with E-state index in [2.05, 4.69) is 5.32 Å². The molecule has 0 aliphatic rings. The Morgan fingerprint density at radius 2 is 1.81 bits per heavy atom. The summed E-state index contributed by atoms with van der Waals surface area (Å²) < 4.78 is 61.1. The zero-order valence-corrected chi connectivity index (χ0v) is 13.9. The van der Waals surface area contributed by atoms with Crippen molar-refractivity contribution in [2.75, 3.05) is 11.6 Å². The lowest BCUT2D eigenvalue weighted by atomic mass is 10.1. The fourth-order valence-electron chi connectivity index (χ4n) is 2.09. The molecule has 0 aliphatic carbocycles. The van der Waals surface area contributed by atoms with Crippen LogP contribution in [0.5, 0.6) is 0 Å². The maximum Gasteiger partial charge on any atom is 0.416 e. The van der Waals surface area contributed by atoms with Gasteiger partial charge in [-0.05, 0) is 30.3 Å². The van der Waals surface area contributed by atoms with Gasteiger partial charge in [0.2, 0.25) is 0 Å². The normalized spacial score (nSPS) is 11.8. The van der Waals surface area contributed by atoms with E-state index >= 15 is 0 Å². The van der Waals surface area contributed by atoms with Crippen LogP contribution >= 0.6 is 0 Å². The third-order valence-corrected chi connectivity index (χ3v) is 4.41. The first kappa shape index (κ1) is 19.4. The monoisotopic (exact) mass is 388 g/mol. The molecule has 0 saturated heterocycles. The molecule has 0 saturated carbocycles. The average molecular weight is 388 g/mol. The summed E-state index contributed by atoms with van der Waals surface area (Å²) in [5.74, 6) is -0.924. The first-order valence-electron chi connectivity index (χ1n) is 6.86. The Morgan fingerprint density at radius 1 is 1.15 bits per heavy atom. The molecule has 1 N–H and O–H groups in total. The number of hydrogen-bond acceptors (Lipinski definition) is 5. The average Bonchev–Trinajstić information content (AvgIpc) is 2.52. The van der Waals surface area contributed by atoms with E-state index in [1.54, 1.807) is 0 Å². The maximum atomic E-state index is 12.7. The van der Waals surface area contributed by atoms with Crippen molar-refractivity contribution in [2.24, 2.45) is 0 Å². The quantitative estimate of drug-likeness (QED) is 0.639. The first-order chi connectivity index (χ1) is 11.9. The van der Waals surface area contributed by atoms with E-state index in [0.717, 1.165) is 36.6 Å². The first-order valence-corrected chi connectivity index (χ1v) is 8.76. The zero-order valence-electron chi connectivity index (χ0n) is 13.1. The molecule has 0 aromatic heterocycles. The van der Waals surface area contributed by atoms with Crippen molar-refractivity contribution in [3.05, 3.63) is 63.7 Å². The van der Waals surface area contributed by atoms with Crippen molar-refractivity contribution in [1.82, 2.24) is 0 Å². The van der Waals surface area contributed by atoms with Gasteiger partial charge in [0.25, 0.3) is 11.6 Å². The van der Waals surface area contributed by atoms with Crippen LogP contribution in [0.4, 0.5) is 24.5 Å². The molecule has 0 spiro atoms. The minimum absolute atomic E-state index is 0.167. The summed E-state index contributed by atoms with van der Waals surface area (Å²) in [5, 5.41) is 13.2. The lowest BCUT2D eigenvalue weighted by molar-refractivity contribution is -0.387. The summed E-state index contributed by atoms with van der Waals surface area (Å²) in [7, 11) is -3.90. The van der Waals surface area contributed by atoms with Crippen LogP contribution < -0.4 is 5.32 Å². The predicted molar refractivity (Wildman–Crippen MR) is 85.6 cm³/mol. The van der Waals surface area contributed by atoms with E-state index in [1.165, 1.54) is 6.07 Å². The number of carbonyl (C=O) groups excluding carboxylic acids is 1. The van der Waals surface area contributed by atoms with Crippen molar-refractivity contribution in [3.8, 4) is 0 Å². The number of anilines is 1. The van der Waals surface area contributed by atoms with E-state index in [1.807, 2.05) is 0 Å². The number of amides is 1. The molecule has 138 valence electrons. The Balaban J connectivity index is 2.37. The van der Waals surface area contributed by atoms with Gasteiger partial charge in [-0.3, -0.25) is 14.9 Å². The van der Waals surface area contributed by atoms with Gasteiger partial charge in [0, 0.05) is 23.6 Å². The van der Waals surface area contributed by atoms with E-state index in [0.29, 0.717) is 6.07 Å². The number of nitrogens with zero attached hydrogens (tertiary/aromatic N) is 1. The van der Waals surface area contributed by atoms with Crippen molar-refractivity contribution in [2.45, 2.75) is 11.1 Å². The number of benzene rings is 2. The second kappa shape index (κ2) is 6.75. The molecule has 11 heteroatoms. The Kier molecular flexibility index (Phi) is 5.03. The molecule has 0 aliphatic heterocycles. The maximum absolute atomic E-state index is 12.7. The molecule has 26 heavy (non-hydrogen) atoms. The lowest BCUT2D eigenvalue weighted by Gasteiger charge is -2.10. The highest BCUT2D eigenvalue weighted by molar-refractivity contribution is 7.90. The van der Waals surface area contributed by atoms with Crippen molar-refractivity contribution >= 4 is 27.1 Å². The highest BCUT2D eigenvalue weighted by Gasteiger charge is 2.30. The fraction of sp³-hybridized carbons (Fsp3) is 0.133. The number of hydrogen-bond donors (Lipinski definition) is 1. The molecule has 2 aromatic carbocycles. The molecule has 0 unspecified atom stereocenters. The second-order valence-corrected chi connectivity index (χ2v) is 7.23. The Hall–Kier alpha value is -2.95. The van der Waals surface area contributed by atoms with Crippen LogP contribution in [0, 0.1) is 10.1 Å². The Bertz CT molecular complexity index is 987. The number of alkyl halides is 3. The number of rotatable bonds is 4. The third kappa shape index (κ3) is 4.36. The molecule has 0 radical (unpaired) electrons. The van der Waals surface area contributed by atoms with Crippen LogP contribution in [0.1, 0.15) is 15.9 Å². The molecule has 0 bridgehead atoms. The van der Waals surface area contributed by atoms with Crippen LogP contribution in [0.2, 0.25) is 0 Å². The molecular formula is C15H11F3N2O5S. The van der Waals surface area contributed by atoms with Crippen LogP contribution in [-0.4, -0.2) is 25.5 Å². The van der Waals surface area contributed by atoms with Gasteiger partial charge in [-0.1, -0.05) is 6.07 Å². The number of nitro groups is 1. The molecule has 2 aromatic rings. The van der Waals surface area contributed by atoms with Gasteiger partial charge in [-0.2, -0.15) is 13.2 Å². The lowest BCUT2D eigenvalue weighted by Crippen LogP contribution is -2.14. The van der Waals surface area contributed by atoms with Crippen molar-refractivity contribution < 1.29 is 31.3 Å². The summed E-state index contributed by atoms with van der Waals surface area (Å²) >= 11 is 0. The van der Waals surface area contributed by atoms with E-state index in [4.69, 9.17) is 0 Å². The number of nitro benzene ring substituents is 1. The largest absolute Gasteiger partial charge is 0.416 e. The number of nitrogens with one attached hydrogen (secondary N) is 1. The molecule has 0 atom stereocenters. The summed E-state index contributed by atoms with van der Waals surface area (Å²) in [6, 6.07) is 6.51. The SMILES string of the molecule is CS(=O)(=O)c1ccc(C(=O)Nc2cccc(C(F)(F)F)c2)cc1[N+](=O)[O-]. The zero-order chi connectivity index (χ0) is 19.7. The fourth-order valence-corrected chi connectivity index (χ4v) is 2.92. The van der Waals surface area contributed by atoms with Crippen molar-refractivity contribution in [3.63, 3.8) is 0 Å². The molecule has 7 nitrogen and oxygen atoms in total. The topological polar surface area (TPSA) is 106 Å². The van der Waals surface area contributed by atoms with Crippen molar-refractivity contribution in [1.29, 1.82) is 0 Å². The number of halogens is 3. The van der Waals surface area contributed by atoms with Crippen LogP contribution in [-0.2, 0) is 16.0 Å². The van der Waals surface area contributed by atoms with Crippen LogP contribution in [0.3, 0.4) is 0 Å². The number of sulfone groups is 1. The molecular weight excluding hydrogens is 377 g/mol. The van der Waals surface area contributed by atoms with E-state index in [9.17, 15) is 36.5 Å².